The fraction of sp³-hybridized carbons (Fsp3) is 0.154. The van der Waals surface area contributed by atoms with Crippen molar-refractivity contribution in [2.75, 3.05) is 7.11 Å². The van der Waals surface area contributed by atoms with E-state index in [4.69, 9.17) is 9.84 Å². The number of carboxylic acid groups (broad SMARTS) is 1. The van der Waals surface area contributed by atoms with Gasteiger partial charge >= 0.3 is 5.97 Å². The maximum atomic E-state index is 13.9. The Morgan fingerprint density at radius 3 is 2.95 bits per heavy atom. The second-order valence-corrected chi connectivity index (χ2v) is 5.63. The van der Waals surface area contributed by atoms with Crippen molar-refractivity contribution >= 4 is 29.1 Å². The third kappa shape index (κ3) is 3.27. The van der Waals surface area contributed by atoms with Crippen molar-refractivity contribution in [2.24, 2.45) is 0 Å². The van der Waals surface area contributed by atoms with Crippen LogP contribution in [0.3, 0.4) is 0 Å². The molecule has 0 atom stereocenters. The molecule has 0 aliphatic heterocycles. The van der Waals surface area contributed by atoms with Crippen LogP contribution in [0.15, 0.2) is 34.5 Å². The first kappa shape index (κ1) is 13.9. The largest absolute Gasteiger partial charge is 0.494 e. The van der Waals surface area contributed by atoms with Crippen molar-refractivity contribution in [1.82, 2.24) is 0 Å². The zero-order valence-corrected chi connectivity index (χ0v) is 11.7. The van der Waals surface area contributed by atoms with Crippen LogP contribution in [0.4, 0.5) is 4.39 Å². The van der Waals surface area contributed by atoms with E-state index >= 15 is 0 Å². The van der Waals surface area contributed by atoms with E-state index in [0.29, 0.717) is 11.3 Å². The number of ether oxygens (including phenoxy) is 1. The molecule has 0 aliphatic rings. The first-order chi connectivity index (χ1) is 9.11. The van der Waals surface area contributed by atoms with Gasteiger partial charge in [0.1, 0.15) is 4.88 Å². The van der Waals surface area contributed by atoms with E-state index in [1.54, 1.807) is 29.6 Å². The number of aromatic carboxylic acids is 1. The van der Waals surface area contributed by atoms with Gasteiger partial charge in [0.25, 0.3) is 0 Å². The minimum absolute atomic E-state index is 0.217. The SMILES string of the molecule is COc1cccc(CSc2csc(C(=O)O)c2)c1F. The maximum Gasteiger partial charge on any atom is 0.345 e. The monoisotopic (exact) mass is 298 g/mol. The zero-order chi connectivity index (χ0) is 13.8. The van der Waals surface area contributed by atoms with Crippen molar-refractivity contribution in [3.63, 3.8) is 0 Å². The molecule has 0 saturated heterocycles. The molecule has 2 aromatic rings. The first-order valence-electron chi connectivity index (χ1n) is 5.38. The third-order valence-corrected chi connectivity index (χ3v) is 4.54. The number of benzene rings is 1. The summed E-state index contributed by atoms with van der Waals surface area (Å²) in [5.41, 5.74) is 0.535. The molecule has 19 heavy (non-hydrogen) atoms. The molecule has 100 valence electrons. The molecule has 1 aromatic carbocycles. The Balaban J connectivity index is 2.08. The van der Waals surface area contributed by atoms with E-state index in [-0.39, 0.29) is 16.4 Å². The molecule has 1 N–H and O–H groups in total. The van der Waals surface area contributed by atoms with Gasteiger partial charge in [0.2, 0.25) is 0 Å². The van der Waals surface area contributed by atoms with Gasteiger partial charge in [-0.1, -0.05) is 12.1 Å². The summed E-state index contributed by atoms with van der Waals surface area (Å²) in [6, 6.07) is 6.58. The molecule has 6 heteroatoms. The fourth-order valence-electron chi connectivity index (χ4n) is 1.49. The normalized spacial score (nSPS) is 10.4. The highest BCUT2D eigenvalue weighted by atomic mass is 32.2. The Bertz CT molecular complexity index is 595. The minimum atomic E-state index is -0.940. The molecular weight excluding hydrogens is 287 g/mol. The van der Waals surface area contributed by atoms with Crippen LogP contribution in [0.5, 0.6) is 5.75 Å². The Labute approximate surface area is 118 Å². The van der Waals surface area contributed by atoms with Crippen LogP contribution >= 0.6 is 23.1 Å². The van der Waals surface area contributed by atoms with Crippen LogP contribution in [0, 0.1) is 5.82 Å². The highest BCUT2D eigenvalue weighted by Crippen LogP contribution is 2.30. The highest BCUT2D eigenvalue weighted by molar-refractivity contribution is 7.98. The number of methoxy groups -OCH3 is 1. The molecule has 0 aliphatic carbocycles. The van der Waals surface area contributed by atoms with Crippen molar-refractivity contribution < 1.29 is 19.0 Å². The van der Waals surface area contributed by atoms with Gasteiger partial charge in [-0.25, -0.2) is 9.18 Å². The average Bonchev–Trinajstić information content (AvgIpc) is 2.86. The molecular formula is C13H11FO3S2. The number of carboxylic acids is 1. The Kier molecular flexibility index (Phi) is 4.44. The molecule has 0 amide bonds. The molecule has 0 spiro atoms. The summed E-state index contributed by atoms with van der Waals surface area (Å²) >= 11 is 2.56. The number of thioether (sulfide) groups is 1. The van der Waals surface area contributed by atoms with Crippen LogP contribution in [0.25, 0.3) is 0 Å². The van der Waals surface area contributed by atoms with Gasteiger partial charge in [0.15, 0.2) is 11.6 Å². The summed E-state index contributed by atoms with van der Waals surface area (Å²) in [7, 11) is 1.42. The van der Waals surface area contributed by atoms with Gasteiger partial charge in [-0.3, -0.25) is 0 Å². The Hall–Kier alpha value is -1.53. The molecule has 0 saturated carbocycles. The lowest BCUT2D eigenvalue weighted by atomic mass is 10.2. The van der Waals surface area contributed by atoms with Crippen molar-refractivity contribution in [1.29, 1.82) is 0 Å². The van der Waals surface area contributed by atoms with Gasteiger partial charge in [-0.05, 0) is 12.1 Å². The highest BCUT2D eigenvalue weighted by Gasteiger charge is 2.10. The molecule has 0 radical (unpaired) electrons. The van der Waals surface area contributed by atoms with Crippen LogP contribution in [-0.4, -0.2) is 18.2 Å². The standard InChI is InChI=1S/C13H11FO3S2/c1-17-10-4-2-3-8(12(10)14)6-18-9-5-11(13(15)16)19-7-9/h2-5,7H,6H2,1H3,(H,15,16). The summed E-state index contributed by atoms with van der Waals surface area (Å²) in [4.78, 5) is 11.9. The third-order valence-electron chi connectivity index (χ3n) is 2.44. The topological polar surface area (TPSA) is 46.5 Å². The second kappa shape index (κ2) is 6.08. The quantitative estimate of drug-likeness (QED) is 0.851. The Morgan fingerprint density at radius 2 is 2.32 bits per heavy atom. The van der Waals surface area contributed by atoms with Gasteiger partial charge < -0.3 is 9.84 Å². The van der Waals surface area contributed by atoms with E-state index in [1.165, 1.54) is 30.2 Å². The van der Waals surface area contributed by atoms with E-state index in [2.05, 4.69) is 0 Å². The lowest BCUT2D eigenvalue weighted by Crippen LogP contribution is -1.93. The van der Waals surface area contributed by atoms with Gasteiger partial charge in [0.05, 0.1) is 7.11 Å². The molecule has 1 heterocycles. The number of hydrogen-bond acceptors (Lipinski definition) is 4. The molecule has 2 rings (SSSR count). The number of thiophene rings is 1. The van der Waals surface area contributed by atoms with Gasteiger partial charge in [0, 0.05) is 21.6 Å². The number of carbonyl (C=O) groups is 1. The summed E-state index contributed by atoms with van der Waals surface area (Å²) in [6.45, 7) is 0. The van der Waals surface area contributed by atoms with Crippen LogP contribution in [0.2, 0.25) is 0 Å². The van der Waals surface area contributed by atoms with E-state index < -0.39 is 5.97 Å². The summed E-state index contributed by atoms with van der Waals surface area (Å²) in [5, 5.41) is 10.6. The van der Waals surface area contributed by atoms with Crippen molar-refractivity contribution in [3.8, 4) is 5.75 Å². The summed E-state index contributed by atoms with van der Waals surface area (Å²) in [6.07, 6.45) is 0. The first-order valence-corrected chi connectivity index (χ1v) is 7.24. The number of rotatable bonds is 5. The number of halogens is 1. The van der Waals surface area contributed by atoms with E-state index in [0.717, 1.165) is 4.90 Å². The molecule has 1 aromatic heterocycles. The van der Waals surface area contributed by atoms with Gasteiger partial charge in [-0.2, -0.15) is 0 Å². The smallest absolute Gasteiger partial charge is 0.345 e. The molecule has 3 nitrogen and oxygen atoms in total. The minimum Gasteiger partial charge on any atom is -0.494 e. The van der Waals surface area contributed by atoms with Crippen LogP contribution < -0.4 is 4.74 Å². The van der Waals surface area contributed by atoms with E-state index in [1.807, 2.05) is 0 Å². The maximum absolute atomic E-state index is 13.9. The molecule has 0 fully saturated rings. The predicted molar refractivity (Wildman–Crippen MR) is 73.8 cm³/mol. The number of hydrogen-bond donors (Lipinski definition) is 1. The lowest BCUT2D eigenvalue weighted by Gasteiger charge is -2.06. The average molecular weight is 298 g/mol. The Morgan fingerprint density at radius 1 is 1.53 bits per heavy atom. The lowest BCUT2D eigenvalue weighted by molar-refractivity contribution is 0.0702. The van der Waals surface area contributed by atoms with Gasteiger partial charge in [-0.15, -0.1) is 23.1 Å². The molecule has 0 bridgehead atoms. The zero-order valence-electron chi connectivity index (χ0n) is 10.1. The second-order valence-electron chi connectivity index (χ2n) is 3.67. The van der Waals surface area contributed by atoms with Crippen molar-refractivity contribution in [2.45, 2.75) is 10.6 Å². The summed E-state index contributed by atoms with van der Waals surface area (Å²) < 4.78 is 18.8. The molecule has 0 unspecified atom stereocenters. The predicted octanol–water partition coefficient (Wildman–Crippen LogP) is 3.89. The fourth-order valence-corrected chi connectivity index (χ4v) is 3.34. The van der Waals surface area contributed by atoms with E-state index in [9.17, 15) is 9.18 Å². The summed E-state index contributed by atoms with van der Waals surface area (Å²) in [5.74, 6) is -0.663. The van der Waals surface area contributed by atoms with Crippen LogP contribution in [-0.2, 0) is 5.75 Å². The van der Waals surface area contributed by atoms with Crippen molar-refractivity contribution in [3.05, 3.63) is 45.9 Å². The van der Waals surface area contributed by atoms with Crippen LogP contribution in [0.1, 0.15) is 15.2 Å².